The molecule has 138 valence electrons. The largest absolute Gasteiger partial charge is 0.284 e. The van der Waals surface area contributed by atoms with Gasteiger partial charge in [-0.25, -0.2) is 4.68 Å². The lowest BCUT2D eigenvalue weighted by Crippen LogP contribution is -2.32. The summed E-state index contributed by atoms with van der Waals surface area (Å²) >= 11 is 1.72. The molecule has 2 heterocycles. The van der Waals surface area contributed by atoms with Crippen molar-refractivity contribution in [2.75, 3.05) is 19.3 Å². The normalized spacial score (nSPS) is 17.3. The Kier molecular flexibility index (Phi) is 5.41. The molecule has 1 aromatic heterocycles. The third kappa shape index (κ3) is 4.15. The van der Waals surface area contributed by atoms with Crippen molar-refractivity contribution in [3.05, 3.63) is 82.6 Å². The van der Waals surface area contributed by atoms with Crippen LogP contribution in [-0.4, -0.2) is 34.0 Å². The molecule has 1 saturated heterocycles. The molecule has 2 aromatic carbocycles. The standard InChI is InChI=1S/C22H23N3OS/c1-27-20-9-7-18(8-10-20)21-11-12-22(26)25(23-21)16-24-14-13-19(15-24)17-5-3-2-4-6-17/h2-12,19H,13-16H2,1H3. The molecule has 4 rings (SSSR count). The van der Waals surface area contributed by atoms with Gasteiger partial charge < -0.3 is 0 Å². The maximum atomic E-state index is 12.3. The van der Waals surface area contributed by atoms with Gasteiger partial charge in [-0.1, -0.05) is 42.5 Å². The third-order valence-electron chi connectivity index (χ3n) is 5.13. The zero-order valence-electron chi connectivity index (χ0n) is 15.4. The number of nitrogens with zero attached hydrogens (tertiary/aromatic N) is 3. The van der Waals surface area contributed by atoms with E-state index in [2.05, 4.69) is 70.9 Å². The van der Waals surface area contributed by atoms with Crippen LogP contribution in [0.2, 0.25) is 0 Å². The van der Waals surface area contributed by atoms with Crippen LogP contribution in [0.3, 0.4) is 0 Å². The minimum atomic E-state index is -0.0531. The van der Waals surface area contributed by atoms with Gasteiger partial charge in [0.15, 0.2) is 0 Å². The van der Waals surface area contributed by atoms with Gasteiger partial charge in [-0.15, -0.1) is 11.8 Å². The summed E-state index contributed by atoms with van der Waals surface area (Å²) in [7, 11) is 0. The Labute approximate surface area is 163 Å². The number of thioether (sulfide) groups is 1. The summed E-state index contributed by atoms with van der Waals surface area (Å²) in [6, 6.07) is 22.3. The van der Waals surface area contributed by atoms with E-state index in [0.29, 0.717) is 12.6 Å². The van der Waals surface area contributed by atoms with E-state index in [9.17, 15) is 4.79 Å². The van der Waals surface area contributed by atoms with Gasteiger partial charge in [0.1, 0.15) is 0 Å². The summed E-state index contributed by atoms with van der Waals surface area (Å²) < 4.78 is 1.59. The van der Waals surface area contributed by atoms with Crippen LogP contribution in [0.1, 0.15) is 17.9 Å². The van der Waals surface area contributed by atoms with Crippen LogP contribution in [0.15, 0.2) is 76.4 Å². The molecule has 3 aromatic rings. The minimum Gasteiger partial charge on any atom is -0.284 e. The molecular formula is C22H23N3OS. The number of aromatic nitrogens is 2. The Morgan fingerprint density at radius 3 is 2.56 bits per heavy atom. The minimum absolute atomic E-state index is 0.0531. The molecule has 0 spiro atoms. The molecule has 1 aliphatic rings. The second-order valence-corrected chi connectivity index (χ2v) is 7.78. The maximum absolute atomic E-state index is 12.3. The van der Waals surface area contributed by atoms with Gasteiger partial charge in [-0.05, 0) is 42.4 Å². The van der Waals surface area contributed by atoms with Crippen LogP contribution in [-0.2, 0) is 6.67 Å². The van der Waals surface area contributed by atoms with Crippen LogP contribution < -0.4 is 5.56 Å². The number of rotatable bonds is 5. The number of hydrogen-bond acceptors (Lipinski definition) is 4. The topological polar surface area (TPSA) is 38.1 Å². The fourth-order valence-electron chi connectivity index (χ4n) is 3.61. The summed E-state index contributed by atoms with van der Waals surface area (Å²) in [5.74, 6) is 0.532. The molecular weight excluding hydrogens is 354 g/mol. The predicted molar refractivity (Wildman–Crippen MR) is 111 cm³/mol. The zero-order valence-corrected chi connectivity index (χ0v) is 16.2. The lowest BCUT2D eigenvalue weighted by Gasteiger charge is -2.17. The van der Waals surface area contributed by atoms with Gasteiger partial charge in [0.25, 0.3) is 5.56 Å². The summed E-state index contributed by atoms with van der Waals surface area (Å²) in [4.78, 5) is 15.8. The van der Waals surface area contributed by atoms with Crippen LogP contribution in [0.4, 0.5) is 0 Å². The van der Waals surface area contributed by atoms with E-state index in [1.165, 1.54) is 10.5 Å². The third-order valence-corrected chi connectivity index (χ3v) is 5.87. The molecule has 0 bridgehead atoms. The highest BCUT2D eigenvalue weighted by Crippen LogP contribution is 2.27. The second-order valence-electron chi connectivity index (χ2n) is 6.90. The van der Waals surface area contributed by atoms with Crippen LogP contribution in [0.5, 0.6) is 0 Å². The second kappa shape index (κ2) is 8.11. The molecule has 0 amide bonds. The zero-order chi connectivity index (χ0) is 18.6. The molecule has 1 unspecified atom stereocenters. The summed E-state index contributed by atoms with van der Waals surface area (Å²) in [5, 5.41) is 4.61. The molecule has 5 heteroatoms. The molecule has 4 nitrogen and oxygen atoms in total. The van der Waals surface area contributed by atoms with Crippen LogP contribution >= 0.6 is 11.8 Å². The fraction of sp³-hybridized carbons (Fsp3) is 0.273. The highest BCUT2D eigenvalue weighted by atomic mass is 32.2. The highest BCUT2D eigenvalue weighted by Gasteiger charge is 2.24. The maximum Gasteiger partial charge on any atom is 0.268 e. The molecule has 1 fully saturated rings. The first-order valence-electron chi connectivity index (χ1n) is 9.23. The molecule has 0 aliphatic carbocycles. The van der Waals surface area contributed by atoms with Crippen LogP contribution in [0.25, 0.3) is 11.3 Å². The molecule has 1 aliphatic heterocycles. The van der Waals surface area contributed by atoms with Crippen LogP contribution in [0, 0.1) is 0 Å². The van der Waals surface area contributed by atoms with Gasteiger partial charge in [0.2, 0.25) is 0 Å². The number of hydrogen-bond donors (Lipinski definition) is 0. The van der Waals surface area contributed by atoms with Crippen molar-refractivity contribution in [2.24, 2.45) is 0 Å². The van der Waals surface area contributed by atoms with E-state index in [-0.39, 0.29) is 5.56 Å². The van der Waals surface area contributed by atoms with E-state index < -0.39 is 0 Å². The lowest BCUT2D eigenvalue weighted by atomic mass is 9.99. The summed E-state index contributed by atoms with van der Waals surface area (Å²) in [6.07, 6.45) is 3.18. The van der Waals surface area contributed by atoms with Gasteiger partial charge in [-0.2, -0.15) is 5.10 Å². The Morgan fingerprint density at radius 2 is 1.81 bits per heavy atom. The van der Waals surface area contributed by atoms with Gasteiger partial charge in [0.05, 0.1) is 12.4 Å². The highest BCUT2D eigenvalue weighted by molar-refractivity contribution is 7.98. The average Bonchev–Trinajstić information content (AvgIpc) is 3.19. The molecule has 1 atom stereocenters. The Morgan fingerprint density at radius 1 is 1.04 bits per heavy atom. The van der Waals surface area contributed by atoms with Crippen molar-refractivity contribution < 1.29 is 0 Å². The van der Waals surface area contributed by atoms with Gasteiger partial charge in [0, 0.05) is 29.6 Å². The van der Waals surface area contributed by atoms with Crippen molar-refractivity contribution in [3.63, 3.8) is 0 Å². The Balaban J connectivity index is 1.50. The molecule has 27 heavy (non-hydrogen) atoms. The summed E-state index contributed by atoms with van der Waals surface area (Å²) in [6.45, 7) is 2.49. The van der Waals surface area contributed by atoms with Crippen molar-refractivity contribution >= 4 is 11.8 Å². The van der Waals surface area contributed by atoms with Crippen molar-refractivity contribution in [1.29, 1.82) is 0 Å². The van der Waals surface area contributed by atoms with E-state index in [0.717, 1.165) is 30.8 Å². The lowest BCUT2D eigenvalue weighted by molar-refractivity contribution is 0.246. The average molecular weight is 378 g/mol. The smallest absolute Gasteiger partial charge is 0.268 e. The predicted octanol–water partition coefficient (Wildman–Crippen LogP) is 4.08. The Hall–Kier alpha value is -2.37. The van der Waals surface area contributed by atoms with Crippen molar-refractivity contribution in [2.45, 2.75) is 23.9 Å². The number of benzene rings is 2. The summed E-state index contributed by atoms with van der Waals surface area (Å²) in [5.41, 5.74) is 3.19. The van der Waals surface area contributed by atoms with E-state index >= 15 is 0 Å². The molecule has 0 N–H and O–H groups in total. The fourth-order valence-corrected chi connectivity index (χ4v) is 4.02. The van der Waals surface area contributed by atoms with Gasteiger partial charge in [-0.3, -0.25) is 9.69 Å². The van der Waals surface area contributed by atoms with Gasteiger partial charge >= 0.3 is 0 Å². The van der Waals surface area contributed by atoms with Crippen molar-refractivity contribution in [1.82, 2.24) is 14.7 Å². The monoisotopic (exact) mass is 377 g/mol. The van der Waals surface area contributed by atoms with E-state index in [1.54, 1.807) is 22.5 Å². The van der Waals surface area contributed by atoms with E-state index in [4.69, 9.17) is 0 Å². The first kappa shape index (κ1) is 18.0. The Bertz CT molecular complexity index is 953. The first-order valence-corrected chi connectivity index (χ1v) is 10.5. The van der Waals surface area contributed by atoms with Crippen molar-refractivity contribution in [3.8, 4) is 11.3 Å². The SMILES string of the molecule is CSc1ccc(-c2ccc(=O)n(CN3CCC(c4ccccc4)C3)n2)cc1. The quantitative estimate of drug-likeness (QED) is 0.628. The number of likely N-dealkylation sites (tertiary alicyclic amines) is 1. The first-order chi connectivity index (χ1) is 13.2. The molecule has 0 saturated carbocycles. The van der Waals surface area contributed by atoms with E-state index in [1.807, 2.05) is 6.07 Å². The molecule has 0 radical (unpaired) electrons.